The molecular formula is C25H24Cl2F6N3O2Y-. The van der Waals surface area contributed by atoms with Gasteiger partial charge in [0.15, 0.2) is 0 Å². The first-order valence-electron chi connectivity index (χ1n) is 11.4. The molecular weight excluding hydrogens is 648 g/mol. The number of nitrogens with zero attached hydrogens (tertiary/aromatic N) is 3. The summed E-state index contributed by atoms with van der Waals surface area (Å²) >= 11 is 12.1. The van der Waals surface area contributed by atoms with Crippen molar-refractivity contribution in [2.24, 2.45) is 0 Å². The topological polar surface area (TPSA) is 43.9 Å². The third kappa shape index (κ3) is 8.18. The van der Waals surface area contributed by atoms with E-state index in [0.717, 1.165) is 11.9 Å². The monoisotopic (exact) mass is 671 g/mol. The van der Waals surface area contributed by atoms with E-state index in [1.165, 1.54) is 4.90 Å². The van der Waals surface area contributed by atoms with Gasteiger partial charge in [0.05, 0.1) is 33.1 Å². The first-order valence-corrected chi connectivity index (χ1v) is 12.1. The maximum Gasteiger partial charge on any atom is 0.416 e. The number of alkyl halides is 6. The van der Waals surface area contributed by atoms with Crippen molar-refractivity contribution in [3.8, 4) is 0 Å². The van der Waals surface area contributed by atoms with E-state index in [1.807, 2.05) is 0 Å². The molecule has 0 unspecified atom stereocenters. The SMILES string of the molecule is C[C-](C)C(=O)N1CCN(C(=O)N(C)c2cc(C(F)(F)F)cc(C(F)(F)F)c2)[C@H](Cc2ccc(Cl)c(Cl)c2)C1.[Y]. The largest absolute Gasteiger partial charge is 0.416 e. The summed E-state index contributed by atoms with van der Waals surface area (Å²) in [7, 11) is 1.11. The molecule has 39 heavy (non-hydrogen) atoms. The quantitative estimate of drug-likeness (QED) is 0.261. The molecule has 0 saturated carbocycles. The number of urea groups is 1. The van der Waals surface area contributed by atoms with Gasteiger partial charge in [-0.1, -0.05) is 29.3 Å². The van der Waals surface area contributed by atoms with Crippen molar-refractivity contribution in [1.29, 1.82) is 0 Å². The van der Waals surface area contributed by atoms with E-state index < -0.39 is 41.2 Å². The van der Waals surface area contributed by atoms with Crippen LogP contribution < -0.4 is 4.90 Å². The van der Waals surface area contributed by atoms with Crippen LogP contribution in [0.15, 0.2) is 36.4 Å². The molecule has 211 valence electrons. The zero-order valence-corrected chi connectivity index (χ0v) is 25.5. The molecule has 0 aromatic heterocycles. The fraction of sp³-hybridized carbons (Fsp3) is 0.400. The minimum atomic E-state index is -5.06. The van der Waals surface area contributed by atoms with Gasteiger partial charge in [-0.3, -0.25) is 10.8 Å². The summed E-state index contributed by atoms with van der Waals surface area (Å²) in [5.41, 5.74) is -2.95. The molecule has 2 aromatic rings. The standard InChI is InChI=1S/C25H24Cl2F6N3O2.Y/c1-14(2)22(37)35-6-7-36(19(13-35)8-15-4-5-20(26)21(27)9-15)23(38)34(3)18-11-16(24(28,29)30)10-17(12-18)25(31,32)33;/h4-5,9-12,19H,6-8,13H2,1-3H3;/q-1;/t19-;/m1./s1. The Hall–Kier alpha value is -1.69. The van der Waals surface area contributed by atoms with E-state index >= 15 is 0 Å². The van der Waals surface area contributed by atoms with Crippen LogP contribution in [-0.2, 0) is 56.3 Å². The average molecular weight is 672 g/mol. The Labute approximate surface area is 257 Å². The molecule has 0 spiro atoms. The van der Waals surface area contributed by atoms with Crippen molar-refractivity contribution >= 4 is 40.8 Å². The molecule has 1 aliphatic heterocycles. The summed E-state index contributed by atoms with van der Waals surface area (Å²) in [6, 6.07) is 4.38. The Kier molecular flexibility index (Phi) is 11.1. The molecule has 0 N–H and O–H groups in total. The van der Waals surface area contributed by atoms with E-state index in [9.17, 15) is 35.9 Å². The summed E-state index contributed by atoms with van der Waals surface area (Å²) < 4.78 is 80.2. The van der Waals surface area contributed by atoms with Crippen LogP contribution in [0.4, 0.5) is 36.8 Å². The number of halogens is 8. The van der Waals surface area contributed by atoms with Crippen LogP contribution in [0.25, 0.3) is 0 Å². The smallest absolute Gasteiger partial charge is 0.363 e. The first-order chi connectivity index (χ1) is 17.5. The zero-order valence-electron chi connectivity index (χ0n) is 21.1. The van der Waals surface area contributed by atoms with E-state index in [1.54, 1.807) is 36.9 Å². The van der Waals surface area contributed by atoms with Crippen molar-refractivity contribution in [3.63, 3.8) is 0 Å². The molecule has 3 rings (SSSR count). The zero-order chi connectivity index (χ0) is 28.6. The van der Waals surface area contributed by atoms with Crippen LogP contribution in [0.5, 0.6) is 0 Å². The van der Waals surface area contributed by atoms with Gasteiger partial charge in [0.2, 0.25) is 0 Å². The molecule has 1 radical (unpaired) electrons. The summed E-state index contributed by atoms with van der Waals surface area (Å²) in [5.74, 6) is 0.302. The van der Waals surface area contributed by atoms with Crippen molar-refractivity contribution in [3.05, 3.63) is 69.1 Å². The van der Waals surface area contributed by atoms with Crippen molar-refractivity contribution in [2.45, 2.75) is 38.7 Å². The van der Waals surface area contributed by atoms with Crippen LogP contribution in [0, 0.1) is 5.92 Å². The predicted molar refractivity (Wildman–Crippen MR) is 132 cm³/mol. The molecule has 1 atom stereocenters. The normalized spacial score (nSPS) is 16.0. The van der Waals surface area contributed by atoms with Crippen LogP contribution in [0.3, 0.4) is 0 Å². The van der Waals surface area contributed by atoms with Gasteiger partial charge in [0.1, 0.15) is 0 Å². The Morgan fingerprint density at radius 1 is 0.949 bits per heavy atom. The molecule has 1 saturated heterocycles. The van der Waals surface area contributed by atoms with Gasteiger partial charge in [-0.2, -0.15) is 40.2 Å². The van der Waals surface area contributed by atoms with Gasteiger partial charge in [-0.05, 0) is 42.3 Å². The number of benzene rings is 2. The van der Waals surface area contributed by atoms with Crippen molar-refractivity contribution in [1.82, 2.24) is 9.80 Å². The number of rotatable bonds is 4. The second-order valence-corrected chi connectivity index (χ2v) is 9.97. The second kappa shape index (κ2) is 12.9. The summed E-state index contributed by atoms with van der Waals surface area (Å²) in [5, 5.41) is 0.578. The Balaban J connectivity index is 0.00000533. The minimum absolute atomic E-state index is 0. The van der Waals surface area contributed by atoms with Gasteiger partial charge < -0.3 is 14.6 Å². The Morgan fingerprint density at radius 2 is 1.51 bits per heavy atom. The van der Waals surface area contributed by atoms with Gasteiger partial charge in [0.25, 0.3) is 0 Å². The first kappa shape index (κ1) is 33.5. The molecule has 3 amide bonds. The minimum Gasteiger partial charge on any atom is -0.363 e. The molecule has 0 aliphatic carbocycles. The number of hydrogen-bond acceptors (Lipinski definition) is 2. The average Bonchev–Trinajstić information content (AvgIpc) is 2.83. The van der Waals surface area contributed by atoms with E-state index in [0.29, 0.717) is 28.6 Å². The van der Waals surface area contributed by atoms with E-state index in [4.69, 9.17) is 23.2 Å². The molecule has 5 nitrogen and oxygen atoms in total. The number of amides is 3. The fourth-order valence-electron chi connectivity index (χ4n) is 4.16. The molecule has 1 aliphatic rings. The number of anilines is 1. The maximum atomic E-state index is 13.5. The van der Waals surface area contributed by atoms with E-state index in [2.05, 4.69) is 0 Å². The fourth-order valence-corrected chi connectivity index (χ4v) is 4.48. The molecule has 1 heterocycles. The van der Waals surface area contributed by atoms with Gasteiger partial charge in [-0.15, -0.1) is 0 Å². The van der Waals surface area contributed by atoms with Crippen molar-refractivity contribution in [2.75, 3.05) is 31.6 Å². The Morgan fingerprint density at radius 3 is 2.00 bits per heavy atom. The van der Waals surface area contributed by atoms with Gasteiger partial charge in [0, 0.05) is 65.1 Å². The van der Waals surface area contributed by atoms with Crippen molar-refractivity contribution < 1.29 is 68.6 Å². The molecule has 1 fully saturated rings. The number of piperazine rings is 1. The van der Waals surface area contributed by atoms with Gasteiger partial charge in [-0.25, -0.2) is 4.79 Å². The number of carbonyl (C=O) groups is 2. The maximum absolute atomic E-state index is 13.5. The molecule has 0 bridgehead atoms. The molecule has 2 aromatic carbocycles. The third-order valence-electron chi connectivity index (χ3n) is 6.15. The van der Waals surface area contributed by atoms with Crippen LogP contribution >= 0.6 is 23.2 Å². The predicted octanol–water partition coefficient (Wildman–Crippen LogP) is 6.95. The number of hydrogen-bond donors (Lipinski definition) is 0. The van der Waals surface area contributed by atoms with Crippen LogP contribution in [-0.4, -0.2) is 54.5 Å². The third-order valence-corrected chi connectivity index (χ3v) is 6.88. The van der Waals surface area contributed by atoms with Crippen LogP contribution in [0.2, 0.25) is 10.0 Å². The number of carbonyl (C=O) groups excluding carboxylic acids is 2. The summed E-state index contributed by atoms with van der Waals surface area (Å²) in [6.45, 7) is 3.54. The van der Waals surface area contributed by atoms with Gasteiger partial charge >= 0.3 is 18.4 Å². The summed E-state index contributed by atoms with van der Waals surface area (Å²) in [4.78, 5) is 29.7. The summed E-state index contributed by atoms with van der Waals surface area (Å²) in [6.07, 6.45) is -9.91. The van der Waals surface area contributed by atoms with Crippen LogP contribution in [0.1, 0.15) is 30.5 Å². The second-order valence-electron chi connectivity index (χ2n) is 9.16. The van der Waals surface area contributed by atoms with E-state index in [-0.39, 0.29) is 75.8 Å². The molecule has 14 heteroatoms. The Bertz CT molecular complexity index is 1180.